The van der Waals surface area contributed by atoms with Crippen molar-refractivity contribution in [3.8, 4) is 0 Å². The van der Waals surface area contributed by atoms with E-state index in [1.54, 1.807) is 0 Å². The molecule has 0 rings (SSSR count). The van der Waals surface area contributed by atoms with E-state index in [4.69, 9.17) is 0 Å². The van der Waals surface area contributed by atoms with Crippen LogP contribution in [0, 0.1) is 0 Å². The zero-order valence-electron chi connectivity index (χ0n) is 9.40. The molecule has 0 atom stereocenters. The SMILES string of the molecule is C=C(C)NCCCN(C)CCCC. The van der Waals surface area contributed by atoms with E-state index in [9.17, 15) is 0 Å². The van der Waals surface area contributed by atoms with E-state index in [0.29, 0.717) is 0 Å². The number of allylic oxidation sites excluding steroid dienone is 1. The lowest BCUT2D eigenvalue weighted by Gasteiger charge is -2.16. The molecule has 0 amide bonds. The first-order chi connectivity index (χ1) is 6.16. The van der Waals surface area contributed by atoms with Gasteiger partial charge in [0.1, 0.15) is 0 Å². The number of hydrogen-bond donors (Lipinski definition) is 1. The van der Waals surface area contributed by atoms with Gasteiger partial charge in [-0.15, -0.1) is 0 Å². The maximum Gasteiger partial charge on any atom is 0.0155 e. The van der Waals surface area contributed by atoms with E-state index < -0.39 is 0 Å². The highest BCUT2D eigenvalue weighted by atomic mass is 15.1. The molecule has 2 nitrogen and oxygen atoms in total. The van der Waals surface area contributed by atoms with Crippen molar-refractivity contribution in [1.82, 2.24) is 10.2 Å². The minimum Gasteiger partial charge on any atom is -0.389 e. The number of nitrogens with one attached hydrogen (secondary N) is 1. The molecule has 78 valence electrons. The molecule has 0 saturated carbocycles. The third-order valence-corrected chi connectivity index (χ3v) is 2.04. The highest BCUT2D eigenvalue weighted by Gasteiger charge is 1.96. The third kappa shape index (κ3) is 9.41. The third-order valence-electron chi connectivity index (χ3n) is 2.04. The van der Waals surface area contributed by atoms with E-state index in [0.717, 1.165) is 12.2 Å². The maximum absolute atomic E-state index is 3.80. The van der Waals surface area contributed by atoms with Crippen LogP contribution in [0.25, 0.3) is 0 Å². The zero-order valence-corrected chi connectivity index (χ0v) is 9.40. The van der Waals surface area contributed by atoms with E-state index in [2.05, 4.69) is 30.8 Å². The summed E-state index contributed by atoms with van der Waals surface area (Å²) in [5.74, 6) is 0. The van der Waals surface area contributed by atoms with Gasteiger partial charge in [0.25, 0.3) is 0 Å². The van der Waals surface area contributed by atoms with Crippen LogP contribution in [-0.2, 0) is 0 Å². The molecule has 0 aliphatic rings. The molecule has 0 unspecified atom stereocenters. The standard InChI is InChI=1S/C11H24N2/c1-5-6-9-13(4)10-7-8-12-11(2)3/h12H,2,5-10H2,1,3-4H3. The molecule has 0 fully saturated rings. The number of unbranched alkanes of at least 4 members (excludes halogenated alkanes) is 1. The number of nitrogens with zero attached hydrogens (tertiary/aromatic N) is 1. The molecule has 0 spiro atoms. The summed E-state index contributed by atoms with van der Waals surface area (Å²) in [6.45, 7) is 11.5. The van der Waals surface area contributed by atoms with Gasteiger partial charge in [-0.25, -0.2) is 0 Å². The van der Waals surface area contributed by atoms with Gasteiger partial charge >= 0.3 is 0 Å². The Kier molecular flexibility index (Phi) is 7.80. The van der Waals surface area contributed by atoms with Gasteiger partial charge in [0.05, 0.1) is 0 Å². The van der Waals surface area contributed by atoms with Crippen LogP contribution in [0.1, 0.15) is 33.1 Å². The summed E-state index contributed by atoms with van der Waals surface area (Å²) in [5, 5.41) is 3.24. The molecule has 0 saturated heterocycles. The van der Waals surface area contributed by atoms with Crippen LogP contribution in [0.15, 0.2) is 12.3 Å². The fraction of sp³-hybridized carbons (Fsp3) is 0.818. The summed E-state index contributed by atoms with van der Waals surface area (Å²) in [6.07, 6.45) is 3.80. The Morgan fingerprint density at radius 3 is 2.46 bits per heavy atom. The summed E-state index contributed by atoms with van der Waals surface area (Å²) in [6, 6.07) is 0. The molecule has 0 aliphatic carbocycles. The van der Waals surface area contributed by atoms with Gasteiger partial charge in [0.2, 0.25) is 0 Å². The normalized spacial score (nSPS) is 10.5. The molecular formula is C11H24N2. The fourth-order valence-electron chi connectivity index (χ4n) is 1.19. The Morgan fingerprint density at radius 1 is 1.31 bits per heavy atom. The lowest BCUT2D eigenvalue weighted by Crippen LogP contribution is -2.24. The van der Waals surface area contributed by atoms with Crippen molar-refractivity contribution >= 4 is 0 Å². The molecule has 0 aromatic carbocycles. The summed E-state index contributed by atoms with van der Waals surface area (Å²) < 4.78 is 0. The largest absolute Gasteiger partial charge is 0.389 e. The molecule has 0 aromatic rings. The Labute approximate surface area is 83.0 Å². The molecule has 13 heavy (non-hydrogen) atoms. The average molecular weight is 184 g/mol. The van der Waals surface area contributed by atoms with Crippen LogP contribution < -0.4 is 5.32 Å². The van der Waals surface area contributed by atoms with Crippen LogP contribution in [0.2, 0.25) is 0 Å². The van der Waals surface area contributed by atoms with Gasteiger partial charge in [-0.2, -0.15) is 0 Å². The first-order valence-electron chi connectivity index (χ1n) is 5.24. The molecule has 0 bridgehead atoms. The van der Waals surface area contributed by atoms with Gasteiger partial charge in [-0.3, -0.25) is 0 Å². The average Bonchev–Trinajstić information content (AvgIpc) is 2.08. The molecule has 1 N–H and O–H groups in total. The van der Waals surface area contributed by atoms with Crippen LogP contribution in [-0.4, -0.2) is 31.6 Å². The fourth-order valence-corrected chi connectivity index (χ4v) is 1.19. The number of rotatable bonds is 8. The van der Waals surface area contributed by atoms with Crippen LogP contribution in [0.5, 0.6) is 0 Å². The minimum absolute atomic E-state index is 1.05. The predicted molar refractivity (Wildman–Crippen MR) is 59.8 cm³/mol. The van der Waals surface area contributed by atoms with Crippen molar-refractivity contribution < 1.29 is 0 Å². The highest BCUT2D eigenvalue weighted by Crippen LogP contribution is 1.93. The van der Waals surface area contributed by atoms with Crippen LogP contribution in [0.3, 0.4) is 0 Å². The molecule has 0 aromatic heterocycles. The van der Waals surface area contributed by atoms with Gasteiger partial charge in [0.15, 0.2) is 0 Å². The second-order valence-electron chi connectivity index (χ2n) is 3.72. The topological polar surface area (TPSA) is 15.3 Å². The number of hydrogen-bond acceptors (Lipinski definition) is 2. The molecule has 0 aliphatic heterocycles. The van der Waals surface area contributed by atoms with Crippen molar-refractivity contribution in [3.63, 3.8) is 0 Å². The first-order valence-corrected chi connectivity index (χ1v) is 5.24. The van der Waals surface area contributed by atoms with Gasteiger partial charge < -0.3 is 10.2 Å². The Balaban J connectivity index is 3.16. The van der Waals surface area contributed by atoms with Crippen molar-refractivity contribution in [2.45, 2.75) is 33.1 Å². The van der Waals surface area contributed by atoms with E-state index >= 15 is 0 Å². The maximum atomic E-state index is 3.80. The lowest BCUT2D eigenvalue weighted by atomic mass is 10.3. The smallest absolute Gasteiger partial charge is 0.0155 e. The van der Waals surface area contributed by atoms with Crippen LogP contribution in [0.4, 0.5) is 0 Å². The van der Waals surface area contributed by atoms with E-state index in [1.807, 2.05) is 6.92 Å². The summed E-state index contributed by atoms with van der Waals surface area (Å²) in [5.41, 5.74) is 1.07. The molecule has 2 heteroatoms. The van der Waals surface area contributed by atoms with Gasteiger partial charge in [-0.05, 0) is 39.9 Å². The highest BCUT2D eigenvalue weighted by molar-refractivity contribution is 4.83. The van der Waals surface area contributed by atoms with Crippen molar-refractivity contribution in [3.05, 3.63) is 12.3 Å². The monoisotopic (exact) mass is 184 g/mol. The Hall–Kier alpha value is -0.500. The molecule has 0 heterocycles. The zero-order chi connectivity index (χ0) is 10.1. The van der Waals surface area contributed by atoms with E-state index in [-0.39, 0.29) is 0 Å². The summed E-state index contributed by atoms with van der Waals surface area (Å²) in [7, 11) is 2.19. The molecular weight excluding hydrogens is 160 g/mol. The van der Waals surface area contributed by atoms with Gasteiger partial charge in [-0.1, -0.05) is 19.9 Å². The van der Waals surface area contributed by atoms with Crippen LogP contribution >= 0.6 is 0 Å². The van der Waals surface area contributed by atoms with Crippen molar-refractivity contribution in [1.29, 1.82) is 0 Å². The minimum atomic E-state index is 1.05. The summed E-state index contributed by atoms with van der Waals surface area (Å²) >= 11 is 0. The second-order valence-corrected chi connectivity index (χ2v) is 3.72. The quantitative estimate of drug-likeness (QED) is 0.582. The Morgan fingerprint density at radius 2 is 1.92 bits per heavy atom. The van der Waals surface area contributed by atoms with Gasteiger partial charge in [0, 0.05) is 12.2 Å². The lowest BCUT2D eigenvalue weighted by molar-refractivity contribution is 0.323. The first kappa shape index (κ1) is 12.5. The summed E-state index contributed by atoms with van der Waals surface area (Å²) in [4.78, 5) is 2.39. The van der Waals surface area contributed by atoms with E-state index in [1.165, 1.54) is 32.4 Å². The van der Waals surface area contributed by atoms with Crippen molar-refractivity contribution in [2.24, 2.45) is 0 Å². The second kappa shape index (κ2) is 8.11. The van der Waals surface area contributed by atoms with Crippen molar-refractivity contribution in [2.75, 3.05) is 26.7 Å². The molecule has 0 radical (unpaired) electrons. The predicted octanol–water partition coefficient (Wildman–Crippen LogP) is 2.23. The Bertz CT molecular complexity index is 132.